The number of likely N-dealkylation sites (tertiary alicyclic amines) is 1. The number of thiophene rings is 1. The number of hydrogen-bond donors (Lipinski definition) is 0. The van der Waals surface area contributed by atoms with Gasteiger partial charge in [0.2, 0.25) is 0 Å². The fraction of sp³-hybridized carbons (Fsp3) is 0.500. The number of amides is 1. The van der Waals surface area contributed by atoms with Crippen LogP contribution >= 0.6 is 11.3 Å². The predicted molar refractivity (Wildman–Crippen MR) is 162 cm³/mol. The number of carbonyl (C=O) groups is 1. The molecule has 1 aromatic carbocycles. The summed E-state index contributed by atoms with van der Waals surface area (Å²) < 4.78 is 23.6. The number of ether oxygens (including phenoxy) is 3. The first-order chi connectivity index (χ1) is 19.7. The lowest BCUT2D eigenvalue weighted by Crippen LogP contribution is -2.35. The molecule has 2 fully saturated rings. The normalized spacial score (nSPS) is 17.7. The minimum atomic E-state index is -0.478. The maximum absolute atomic E-state index is 12.3. The molecule has 0 spiro atoms. The summed E-state index contributed by atoms with van der Waals surface area (Å²) in [4.78, 5) is 19.0. The van der Waals surface area contributed by atoms with E-state index in [4.69, 9.17) is 19.2 Å². The highest BCUT2D eigenvalue weighted by Gasteiger charge is 2.30. The maximum atomic E-state index is 12.3. The van der Waals surface area contributed by atoms with E-state index in [9.17, 15) is 4.79 Å². The van der Waals surface area contributed by atoms with Crippen LogP contribution in [0.3, 0.4) is 0 Å². The number of fused-ring (bicyclic) bond motifs is 1. The van der Waals surface area contributed by atoms with Crippen LogP contribution in [-0.2, 0) is 18.3 Å². The van der Waals surface area contributed by atoms with Gasteiger partial charge in [0.1, 0.15) is 23.7 Å². The average Bonchev–Trinajstić information content (AvgIpc) is 3.68. The highest BCUT2D eigenvalue weighted by molar-refractivity contribution is 7.17. The summed E-state index contributed by atoms with van der Waals surface area (Å²) in [5, 5.41) is 2.14. The number of rotatable bonds is 9. The molecule has 1 atom stereocenters. The molecule has 1 saturated carbocycles. The topological polar surface area (TPSA) is 70.8 Å². The summed E-state index contributed by atoms with van der Waals surface area (Å²) in [6.45, 7) is 8.92. The Morgan fingerprint density at radius 3 is 2.51 bits per heavy atom. The van der Waals surface area contributed by atoms with Crippen molar-refractivity contribution < 1.29 is 19.0 Å². The molecule has 3 aromatic heterocycles. The van der Waals surface area contributed by atoms with E-state index in [0.717, 1.165) is 36.0 Å². The van der Waals surface area contributed by atoms with Gasteiger partial charge in [-0.15, -0.1) is 11.3 Å². The molecule has 0 bridgehead atoms. The summed E-state index contributed by atoms with van der Waals surface area (Å²) in [6.07, 6.45) is 6.50. The Labute approximate surface area is 245 Å². The lowest BCUT2D eigenvalue weighted by atomic mass is 9.83. The van der Waals surface area contributed by atoms with Crippen molar-refractivity contribution in [3.63, 3.8) is 0 Å². The Morgan fingerprint density at radius 1 is 1.07 bits per heavy atom. The molecule has 218 valence electrons. The van der Waals surface area contributed by atoms with E-state index in [-0.39, 0.29) is 6.09 Å². The van der Waals surface area contributed by atoms with Crippen molar-refractivity contribution in [3.8, 4) is 23.0 Å². The minimum absolute atomic E-state index is 0.243. The number of aromatic nitrogens is 3. The van der Waals surface area contributed by atoms with E-state index in [2.05, 4.69) is 39.9 Å². The van der Waals surface area contributed by atoms with E-state index in [1.165, 1.54) is 35.2 Å². The number of benzene rings is 1. The summed E-state index contributed by atoms with van der Waals surface area (Å²) in [7, 11) is 2.12. The second-order valence-electron chi connectivity index (χ2n) is 12.3. The average molecular weight is 577 g/mol. The monoisotopic (exact) mass is 576 g/mol. The van der Waals surface area contributed by atoms with Gasteiger partial charge < -0.3 is 28.2 Å². The van der Waals surface area contributed by atoms with Crippen molar-refractivity contribution in [2.75, 3.05) is 26.3 Å². The van der Waals surface area contributed by atoms with Crippen LogP contribution in [0.4, 0.5) is 4.79 Å². The van der Waals surface area contributed by atoms with E-state index in [0.29, 0.717) is 38.1 Å². The van der Waals surface area contributed by atoms with E-state index in [1.54, 1.807) is 16.2 Å². The molecule has 0 unspecified atom stereocenters. The zero-order valence-electron chi connectivity index (χ0n) is 24.5. The first-order valence-electron chi connectivity index (χ1n) is 14.7. The van der Waals surface area contributed by atoms with Gasteiger partial charge in [0.05, 0.1) is 29.1 Å². The second kappa shape index (κ2) is 11.4. The first-order valence-corrected chi connectivity index (χ1v) is 15.6. The van der Waals surface area contributed by atoms with Gasteiger partial charge >= 0.3 is 6.09 Å². The highest BCUT2D eigenvalue weighted by Crippen LogP contribution is 2.39. The molecule has 0 N–H and O–H groups in total. The van der Waals surface area contributed by atoms with Crippen LogP contribution in [0.1, 0.15) is 58.1 Å². The van der Waals surface area contributed by atoms with Crippen molar-refractivity contribution in [3.05, 3.63) is 53.7 Å². The van der Waals surface area contributed by atoms with Crippen LogP contribution in [0.5, 0.6) is 11.5 Å². The molecule has 1 aliphatic carbocycles. The van der Waals surface area contributed by atoms with Gasteiger partial charge in [0.15, 0.2) is 5.82 Å². The SMILES string of the molecule is Cn1c(-c2ncc(C3CCC3)n2CCOc2ccc(OC[C@@H]3CCN(C(=O)OC(C)(C)C)C3)cc2)cc2sccc21. The Balaban J connectivity index is 1.03. The molecule has 1 amide bonds. The number of aryl methyl sites for hydroxylation is 1. The number of carbonyl (C=O) groups excluding carboxylic acids is 1. The maximum Gasteiger partial charge on any atom is 0.410 e. The van der Waals surface area contributed by atoms with Gasteiger partial charge in [-0.25, -0.2) is 9.78 Å². The molecule has 4 heterocycles. The molecule has 9 heteroatoms. The largest absolute Gasteiger partial charge is 0.493 e. The molecule has 2 aliphatic rings. The number of nitrogens with zero attached hydrogens (tertiary/aromatic N) is 4. The summed E-state index contributed by atoms with van der Waals surface area (Å²) in [5.41, 5.74) is 3.24. The molecular formula is C32H40N4O4S. The number of imidazole rings is 1. The minimum Gasteiger partial charge on any atom is -0.493 e. The third-order valence-corrected chi connectivity index (χ3v) is 8.99. The second-order valence-corrected chi connectivity index (χ2v) is 13.2. The van der Waals surface area contributed by atoms with E-state index >= 15 is 0 Å². The van der Waals surface area contributed by atoms with Gasteiger partial charge in [-0.2, -0.15) is 0 Å². The molecule has 41 heavy (non-hydrogen) atoms. The van der Waals surface area contributed by atoms with E-state index < -0.39 is 5.60 Å². The third-order valence-electron chi connectivity index (χ3n) is 8.13. The molecule has 1 saturated heterocycles. The molecule has 8 nitrogen and oxygen atoms in total. The molecule has 4 aromatic rings. The Morgan fingerprint density at radius 2 is 1.83 bits per heavy atom. The standard InChI is InChI=1S/C32H40N4O4S/c1-32(2,3)40-31(37)35-14-12-22(20-35)21-39-25-10-8-24(9-11-25)38-16-15-36-28(23-6-5-7-23)19-33-30(36)27-18-29-26(34(27)4)13-17-41-29/h8-11,13,17-19,22-23H,5-7,12,14-16,20-21H2,1-4H3/t22-/m1/s1. The fourth-order valence-electron chi connectivity index (χ4n) is 5.68. The first kappa shape index (κ1) is 27.7. The predicted octanol–water partition coefficient (Wildman–Crippen LogP) is 7.09. The van der Waals surface area contributed by atoms with Crippen molar-refractivity contribution in [2.24, 2.45) is 13.0 Å². The van der Waals surface area contributed by atoms with Crippen LogP contribution < -0.4 is 9.47 Å². The quantitative estimate of drug-likeness (QED) is 0.213. The van der Waals surface area contributed by atoms with Crippen LogP contribution in [0.15, 0.2) is 48.0 Å². The van der Waals surface area contributed by atoms with Gasteiger partial charge in [0, 0.05) is 43.9 Å². The van der Waals surface area contributed by atoms with Crippen molar-refractivity contribution >= 4 is 27.6 Å². The van der Waals surface area contributed by atoms with Crippen molar-refractivity contribution in [2.45, 2.75) is 64.5 Å². The third kappa shape index (κ3) is 6.10. The Bertz CT molecular complexity index is 1490. The van der Waals surface area contributed by atoms with Crippen molar-refractivity contribution in [1.82, 2.24) is 19.0 Å². The van der Waals surface area contributed by atoms with Gasteiger partial charge in [-0.3, -0.25) is 0 Å². The molecular weight excluding hydrogens is 536 g/mol. The smallest absolute Gasteiger partial charge is 0.410 e. The molecule has 6 rings (SSSR count). The molecule has 1 aliphatic heterocycles. The summed E-state index contributed by atoms with van der Waals surface area (Å²) in [6, 6.07) is 12.3. The molecule has 0 radical (unpaired) electrons. The zero-order chi connectivity index (χ0) is 28.6. The van der Waals surface area contributed by atoms with E-state index in [1.807, 2.05) is 45.0 Å². The van der Waals surface area contributed by atoms with Crippen LogP contribution in [0.25, 0.3) is 21.7 Å². The van der Waals surface area contributed by atoms with Crippen LogP contribution in [0.2, 0.25) is 0 Å². The highest BCUT2D eigenvalue weighted by atomic mass is 32.1. The van der Waals surface area contributed by atoms with Gasteiger partial charge in [-0.05, 0) is 81.8 Å². The summed E-state index contributed by atoms with van der Waals surface area (Å²) >= 11 is 1.77. The van der Waals surface area contributed by atoms with Gasteiger partial charge in [0.25, 0.3) is 0 Å². The Hall–Kier alpha value is -3.46. The van der Waals surface area contributed by atoms with Crippen molar-refractivity contribution in [1.29, 1.82) is 0 Å². The van der Waals surface area contributed by atoms with Crippen LogP contribution in [0, 0.1) is 5.92 Å². The lowest BCUT2D eigenvalue weighted by Gasteiger charge is -2.27. The summed E-state index contributed by atoms with van der Waals surface area (Å²) in [5.74, 6) is 3.53. The van der Waals surface area contributed by atoms with Gasteiger partial charge in [-0.1, -0.05) is 6.42 Å². The number of hydrogen-bond acceptors (Lipinski definition) is 6. The van der Waals surface area contributed by atoms with Crippen LogP contribution in [-0.4, -0.2) is 57.0 Å². The Kier molecular flexibility index (Phi) is 7.72. The zero-order valence-corrected chi connectivity index (χ0v) is 25.3. The fourth-order valence-corrected chi connectivity index (χ4v) is 6.53. The lowest BCUT2D eigenvalue weighted by molar-refractivity contribution is 0.0284.